The van der Waals surface area contributed by atoms with E-state index in [9.17, 15) is 4.79 Å². The van der Waals surface area contributed by atoms with Crippen LogP contribution in [0.2, 0.25) is 0 Å². The maximum absolute atomic E-state index is 13.0. The number of amides is 1. The van der Waals surface area contributed by atoms with Crippen molar-refractivity contribution in [2.75, 3.05) is 20.6 Å². The van der Waals surface area contributed by atoms with E-state index in [1.54, 1.807) is 0 Å². The molecule has 25 heavy (non-hydrogen) atoms. The molecule has 1 amide bonds. The maximum atomic E-state index is 13.0. The monoisotopic (exact) mass is 340 g/mol. The molecule has 5 nitrogen and oxygen atoms in total. The number of likely N-dealkylation sites (N-methyl/N-ethyl adjacent to an activating group) is 2. The summed E-state index contributed by atoms with van der Waals surface area (Å²) < 4.78 is 2.22. The molecule has 0 unspecified atom stereocenters. The van der Waals surface area contributed by atoms with Gasteiger partial charge in [-0.3, -0.25) is 9.78 Å². The number of fused-ring (bicyclic) bond motifs is 3. The van der Waals surface area contributed by atoms with Crippen LogP contribution in [0.1, 0.15) is 43.4 Å². The predicted octanol–water partition coefficient (Wildman–Crippen LogP) is 2.82. The zero-order valence-corrected chi connectivity index (χ0v) is 15.4. The topological polar surface area (TPSA) is 41.4 Å². The minimum atomic E-state index is 0.226. The first-order valence-electron chi connectivity index (χ1n) is 9.54. The molecule has 0 atom stereocenters. The molecule has 0 spiro atoms. The van der Waals surface area contributed by atoms with Gasteiger partial charge in [0.15, 0.2) is 0 Å². The SMILES string of the molecule is CN1CCc2c(n(CC(=O)N(C)C3CCCCC3)c3cccnc23)C1. The van der Waals surface area contributed by atoms with Crippen molar-refractivity contribution in [2.45, 2.75) is 57.7 Å². The second kappa shape index (κ2) is 6.79. The Hall–Kier alpha value is -1.88. The molecular weight excluding hydrogens is 312 g/mol. The van der Waals surface area contributed by atoms with E-state index in [0.717, 1.165) is 43.4 Å². The molecule has 1 saturated carbocycles. The molecule has 0 N–H and O–H groups in total. The summed E-state index contributed by atoms with van der Waals surface area (Å²) in [6.07, 6.45) is 8.98. The van der Waals surface area contributed by atoms with Crippen molar-refractivity contribution in [1.29, 1.82) is 0 Å². The Balaban J connectivity index is 1.64. The highest BCUT2D eigenvalue weighted by atomic mass is 16.2. The van der Waals surface area contributed by atoms with Crippen molar-refractivity contribution in [3.8, 4) is 0 Å². The van der Waals surface area contributed by atoms with Gasteiger partial charge in [-0.05, 0) is 38.4 Å². The van der Waals surface area contributed by atoms with E-state index < -0.39 is 0 Å². The number of hydrogen-bond donors (Lipinski definition) is 0. The van der Waals surface area contributed by atoms with Crippen LogP contribution in [0, 0.1) is 0 Å². The molecule has 0 radical (unpaired) electrons. The predicted molar refractivity (Wildman–Crippen MR) is 99.4 cm³/mol. The fourth-order valence-electron chi connectivity index (χ4n) is 4.47. The molecular formula is C20H28N4O. The molecule has 1 fully saturated rings. The number of carbonyl (C=O) groups is 1. The normalized spacial score (nSPS) is 19.1. The van der Waals surface area contributed by atoms with Crippen LogP contribution in [-0.4, -0.2) is 51.9 Å². The lowest BCUT2D eigenvalue weighted by Gasteiger charge is -2.32. The molecule has 2 aliphatic rings. The third kappa shape index (κ3) is 3.06. The third-order valence-corrected chi connectivity index (χ3v) is 6.01. The summed E-state index contributed by atoms with van der Waals surface area (Å²) in [6.45, 7) is 2.38. The largest absolute Gasteiger partial charge is 0.341 e. The van der Waals surface area contributed by atoms with Crippen LogP contribution in [0.25, 0.3) is 11.0 Å². The van der Waals surface area contributed by atoms with Crippen LogP contribution >= 0.6 is 0 Å². The first kappa shape index (κ1) is 16.6. The molecule has 0 aromatic carbocycles. The Morgan fingerprint density at radius 3 is 2.92 bits per heavy atom. The first-order valence-corrected chi connectivity index (χ1v) is 9.54. The Morgan fingerprint density at radius 2 is 2.12 bits per heavy atom. The van der Waals surface area contributed by atoms with E-state index >= 15 is 0 Å². The number of carbonyl (C=O) groups excluding carboxylic acids is 1. The molecule has 0 saturated heterocycles. The third-order valence-electron chi connectivity index (χ3n) is 6.01. The molecule has 5 heteroatoms. The summed E-state index contributed by atoms with van der Waals surface area (Å²) in [4.78, 5) is 21.9. The quantitative estimate of drug-likeness (QED) is 0.863. The van der Waals surface area contributed by atoms with E-state index in [1.165, 1.54) is 30.5 Å². The summed E-state index contributed by atoms with van der Waals surface area (Å²) in [5.41, 5.74) is 4.79. The van der Waals surface area contributed by atoms with Crippen LogP contribution in [0.5, 0.6) is 0 Å². The number of rotatable bonds is 3. The van der Waals surface area contributed by atoms with Gasteiger partial charge < -0.3 is 14.4 Å². The standard InChI is InChI=1S/C20H28N4O/c1-22-12-10-16-18(13-22)24(17-9-6-11-21-20(16)17)14-19(25)23(2)15-7-4-3-5-8-15/h6,9,11,15H,3-5,7-8,10,12-14H2,1-2H3. The Kier molecular flexibility index (Phi) is 4.50. The van der Waals surface area contributed by atoms with E-state index in [1.807, 2.05) is 24.2 Å². The molecule has 4 rings (SSSR count). The van der Waals surface area contributed by atoms with Gasteiger partial charge in [-0.25, -0.2) is 0 Å². The second-order valence-electron chi connectivity index (χ2n) is 7.67. The lowest BCUT2D eigenvalue weighted by atomic mass is 9.94. The van der Waals surface area contributed by atoms with Crippen LogP contribution in [0.4, 0.5) is 0 Å². The summed E-state index contributed by atoms with van der Waals surface area (Å²) >= 11 is 0. The zero-order chi connectivity index (χ0) is 17.4. The smallest absolute Gasteiger partial charge is 0.242 e. The number of nitrogens with zero attached hydrogens (tertiary/aromatic N) is 4. The van der Waals surface area contributed by atoms with Gasteiger partial charge in [0, 0.05) is 43.6 Å². The minimum Gasteiger partial charge on any atom is -0.341 e. The van der Waals surface area contributed by atoms with Crippen LogP contribution in [-0.2, 0) is 24.3 Å². The van der Waals surface area contributed by atoms with Crippen molar-refractivity contribution in [3.63, 3.8) is 0 Å². The maximum Gasteiger partial charge on any atom is 0.242 e. The molecule has 1 aliphatic heterocycles. The summed E-state index contributed by atoms with van der Waals surface area (Å²) in [5.74, 6) is 0.226. The summed E-state index contributed by atoms with van der Waals surface area (Å²) in [6, 6.07) is 4.50. The van der Waals surface area contributed by atoms with Crippen molar-refractivity contribution < 1.29 is 4.79 Å². The van der Waals surface area contributed by atoms with E-state index in [2.05, 4.69) is 27.6 Å². The van der Waals surface area contributed by atoms with Gasteiger partial charge in [0.25, 0.3) is 0 Å². The van der Waals surface area contributed by atoms with Crippen molar-refractivity contribution >= 4 is 16.9 Å². The second-order valence-corrected chi connectivity index (χ2v) is 7.67. The van der Waals surface area contributed by atoms with Gasteiger partial charge in [0.2, 0.25) is 5.91 Å². The molecule has 134 valence electrons. The summed E-state index contributed by atoms with van der Waals surface area (Å²) in [5, 5.41) is 0. The van der Waals surface area contributed by atoms with Crippen LogP contribution in [0.3, 0.4) is 0 Å². The molecule has 2 aromatic heterocycles. The number of aromatic nitrogens is 2. The fraction of sp³-hybridized carbons (Fsp3) is 0.600. The molecule has 0 bridgehead atoms. The van der Waals surface area contributed by atoms with Gasteiger partial charge in [0.1, 0.15) is 6.54 Å². The highest BCUT2D eigenvalue weighted by molar-refractivity contribution is 5.85. The summed E-state index contributed by atoms with van der Waals surface area (Å²) in [7, 11) is 4.13. The zero-order valence-electron chi connectivity index (χ0n) is 15.4. The highest BCUT2D eigenvalue weighted by Crippen LogP contribution is 2.29. The molecule has 2 aromatic rings. The van der Waals surface area contributed by atoms with Gasteiger partial charge in [-0.15, -0.1) is 0 Å². The van der Waals surface area contributed by atoms with Gasteiger partial charge in [-0.2, -0.15) is 0 Å². The molecule has 3 heterocycles. The van der Waals surface area contributed by atoms with Crippen molar-refractivity contribution in [2.24, 2.45) is 0 Å². The fourth-order valence-corrected chi connectivity index (χ4v) is 4.47. The van der Waals surface area contributed by atoms with Crippen LogP contribution < -0.4 is 0 Å². The van der Waals surface area contributed by atoms with Gasteiger partial charge in [-0.1, -0.05) is 19.3 Å². The lowest BCUT2D eigenvalue weighted by Crippen LogP contribution is -2.40. The van der Waals surface area contributed by atoms with Crippen molar-refractivity contribution in [3.05, 3.63) is 29.6 Å². The average Bonchev–Trinajstić information content (AvgIpc) is 2.95. The Labute approximate surface area is 149 Å². The van der Waals surface area contributed by atoms with E-state index in [4.69, 9.17) is 0 Å². The van der Waals surface area contributed by atoms with Crippen molar-refractivity contribution in [1.82, 2.24) is 19.4 Å². The van der Waals surface area contributed by atoms with Gasteiger partial charge in [0.05, 0.1) is 11.0 Å². The average molecular weight is 340 g/mol. The Morgan fingerprint density at radius 1 is 1.32 bits per heavy atom. The first-order chi connectivity index (χ1) is 12.1. The van der Waals surface area contributed by atoms with E-state index in [0.29, 0.717) is 12.6 Å². The van der Waals surface area contributed by atoms with E-state index in [-0.39, 0.29) is 5.91 Å². The van der Waals surface area contributed by atoms with Crippen LogP contribution in [0.15, 0.2) is 18.3 Å². The molecule has 1 aliphatic carbocycles. The van der Waals surface area contributed by atoms with Gasteiger partial charge >= 0.3 is 0 Å². The minimum absolute atomic E-state index is 0.226. The number of pyridine rings is 1. The number of hydrogen-bond acceptors (Lipinski definition) is 3. The lowest BCUT2D eigenvalue weighted by molar-refractivity contribution is -0.133. The Bertz CT molecular complexity index is 775. The highest BCUT2D eigenvalue weighted by Gasteiger charge is 2.27.